The minimum atomic E-state index is -0.479. The minimum absolute atomic E-state index is 0.0741. The number of carbonyl (C=O) groups excluding carboxylic acids is 1. The Kier molecular flexibility index (Phi) is 4.58. The molecule has 0 saturated heterocycles. The van der Waals surface area contributed by atoms with Crippen molar-refractivity contribution in [3.63, 3.8) is 0 Å². The van der Waals surface area contributed by atoms with E-state index in [9.17, 15) is 9.18 Å². The van der Waals surface area contributed by atoms with E-state index in [-0.39, 0.29) is 18.3 Å². The predicted molar refractivity (Wildman–Crippen MR) is 81.2 cm³/mol. The van der Waals surface area contributed by atoms with Gasteiger partial charge in [-0.25, -0.2) is 4.39 Å². The highest BCUT2D eigenvalue weighted by molar-refractivity contribution is 5.93. The van der Waals surface area contributed by atoms with E-state index in [1.807, 2.05) is 32.9 Å². The van der Waals surface area contributed by atoms with Crippen molar-refractivity contribution >= 4 is 11.6 Å². The fourth-order valence-electron chi connectivity index (χ4n) is 2.26. The summed E-state index contributed by atoms with van der Waals surface area (Å²) in [5, 5.41) is 2.81. The van der Waals surface area contributed by atoms with Gasteiger partial charge in [0.2, 0.25) is 0 Å². The summed E-state index contributed by atoms with van der Waals surface area (Å²) in [4.78, 5) is 11.9. The van der Waals surface area contributed by atoms with Gasteiger partial charge in [-0.05, 0) is 44.0 Å². The van der Waals surface area contributed by atoms with Gasteiger partial charge in [0.1, 0.15) is 0 Å². The van der Waals surface area contributed by atoms with Crippen molar-refractivity contribution in [1.82, 2.24) is 0 Å². The fraction of sp³-hybridized carbons (Fsp3) is 0.235. The molecule has 0 spiro atoms. The maximum Gasteiger partial charge on any atom is 0.262 e. The molecule has 0 unspecified atom stereocenters. The van der Waals surface area contributed by atoms with E-state index in [0.29, 0.717) is 0 Å². The Morgan fingerprint density at radius 2 is 1.76 bits per heavy atom. The SMILES string of the molecule is Cc1cc(C)c(NC(=O)COc2ccccc2F)c(C)c1. The van der Waals surface area contributed by atoms with Gasteiger partial charge in [0.05, 0.1) is 0 Å². The maximum atomic E-state index is 13.4. The largest absolute Gasteiger partial charge is 0.481 e. The molecule has 2 aromatic carbocycles. The fourth-order valence-corrected chi connectivity index (χ4v) is 2.26. The Balaban J connectivity index is 2.01. The van der Waals surface area contributed by atoms with Crippen LogP contribution in [0.2, 0.25) is 0 Å². The van der Waals surface area contributed by atoms with Crippen molar-refractivity contribution in [2.24, 2.45) is 0 Å². The Morgan fingerprint density at radius 3 is 2.38 bits per heavy atom. The van der Waals surface area contributed by atoms with Gasteiger partial charge in [-0.2, -0.15) is 0 Å². The number of carbonyl (C=O) groups is 1. The molecule has 0 atom stereocenters. The van der Waals surface area contributed by atoms with Crippen LogP contribution in [-0.4, -0.2) is 12.5 Å². The number of ether oxygens (including phenoxy) is 1. The van der Waals surface area contributed by atoms with Crippen LogP contribution in [0.25, 0.3) is 0 Å². The standard InChI is InChI=1S/C17H18FNO2/c1-11-8-12(2)17(13(3)9-11)19-16(20)10-21-15-7-5-4-6-14(15)18/h4-9H,10H2,1-3H3,(H,19,20). The molecule has 2 rings (SSSR count). The molecule has 2 aromatic rings. The van der Waals surface area contributed by atoms with Crippen molar-refractivity contribution in [2.75, 3.05) is 11.9 Å². The molecule has 0 bridgehead atoms. The van der Waals surface area contributed by atoms with E-state index in [4.69, 9.17) is 4.74 Å². The Hall–Kier alpha value is -2.36. The maximum absolute atomic E-state index is 13.4. The second-order valence-electron chi connectivity index (χ2n) is 5.04. The second-order valence-corrected chi connectivity index (χ2v) is 5.04. The summed E-state index contributed by atoms with van der Waals surface area (Å²) in [7, 11) is 0. The summed E-state index contributed by atoms with van der Waals surface area (Å²) in [6.45, 7) is 5.65. The number of aryl methyl sites for hydroxylation is 3. The molecular weight excluding hydrogens is 269 g/mol. The van der Waals surface area contributed by atoms with Gasteiger partial charge < -0.3 is 10.1 Å². The summed E-state index contributed by atoms with van der Waals surface area (Å²) in [6.07, 6.45) is 0. The van der Waals surface area contributed by atoms with E-state index < -0.39 is 5.82 Å². The number of rotatable bonds is 4. The molecule has 0 fully saturated rings. The van der Waals surface area contributed by atoms with E-state index in [0.717, 1.165) is 22.4 Å². The van der Waals surface area contributed by atoms with Crippen LogP contribution in [0.15, 0.2) is 36.4 Å². The lowest BCUT2D eigenvalue weighted by Crippen LogP contribution is -2.21. The molecule has 1 amide bonds. The van der Waals surface area contributed by atoms with Crippen LogP contribution in [0.3, 0.4) is 0 Å². The average Bonchev–Trinajstić information content (AvgIpc) is 2.42. The third kappa shape index (κ3) is 3.81. The first-order chi connectivity index (χ1) is 9.97. The van der Waals surface area contributed by atoms with Gasteiger partial charge in [-0.3, -0.25) is 4.79 Å². The van der Waals surface area contributed by atoms with Crippen LogP contribution in [0.5, 0.6) is 5.75 Å². The number of amides is 1. The van der Waals surface area contributed by atoms with Crippen LogP contribution < -0.4 is 10.1 Å². The number of hydrogen-bond acceptors (Lipinski definition) is 2. The number of benzene rings is 2. The molecule has 0 aliphatic carbocycles. The molecule has 21 heavy (non-hydrogen) atoms. The van der Waals surface area contributed by atoms with E-state index in [1.54, 1.807) is 12.1 Å². The summed E-state index contributed by atoms with van der Waals surface area (Å²) in [5.74, 6) is -0.716. The van der Waals surface area contributed by atoms with E-state index >= 15 is 0 Å². The minimum Gasteiger partial charge on any atom is -0.481 e. The van der Waals surface area contributed by atoms with Crippen molar-refractivity contribution in [3.05, 3.63) is 58.9 Å². The number of halogens is 1. The first kappa shape index (κ1) is 15.0. The number of nitrogens with one attached hydrogen (secondary N) is 1. The van der Waals surface area contributed by atoms with Crippen molar-refractivity contribution < 1.29 is 13.9 Å². The van der Waals surface area contributed by atoms with Crippen molar-refractivity contribution in [2.45, 2.75) is 20.8 Å². The summed E-state index contributed by atoms with van der Waals surface area (Å²) >= 11 is 0. The molecule has 110 valence electrons. The normalized spacial score (nSPS) is 10.3. The van der Waals surface area contributed by atoms with Crippen molar-refractivity contribution in [3.8, 4) is 5.75 Å². The van der Waals surface area contributed by atoms with Gasteiger partial charge in [-0.1, -0.05) is 29.8 Å². The molecule has 3 nitrogen and oxygen atoms in total. The first-order valence-corrected chi connectivity index (χ1v) is 6.72. The molecule has 0 aromatic heterocycles. The first-order valence-electron chi connectivity index (χ1n) is 6.72. The molecule has 0 aliphatic heterocycles. The monoisotopic (exact) mass is 287 g/mol. The number of hydrogen-bond donors (Lipinski definition) is 1. The summed E-state index contributed by atoms with van der Waals surface area (Å²) < 4.78 is 18.6. The molecule has 4 heteroatoms. The number of para-hydroxylation sites is 1. The second kappa shape index (κ2) is 6.39. The summed E-state index contributed by atoms with van der Waals surface area (Å²) in [6, 6.07) is 10.0. The van der Waals surface area contributed by atoms with Crippen LogP contribution in [0, 0.1) is 26.6 Å². The highest BCUT2D eigenvalue weighted by Gasteiger charge is 2.10. The van der Waals surface area contributed by atoms with Gasteiger partial charge >= 0.3 is 0 Å². The third-order valence-electron chi connectivity index (χ3n) is 3.14. The van der Waals surface area contributed by atoms with Crippen LogP contribution >= 0.6 is 0 Å². The molecule has 0 aliphatic rings. The van der Waals surface area contributed by atoms with Crippen LogP contribution in [0.1, 0.15) is 16.7 Å². The van der Waals surface area contributed by atoms with Gasteiger partial charge in [0, 0.05) is 5.69 Å². The van der Waals surface area contributed by atoms with Gasteiger partial charge in [-0.15, -0.1) is 0 Å². The highest BCUT2D eigenvalue weighted by atomic mass is 19.1. The lowest BCUT2D eigenvalue weighted by atomic mass is 10.1. The zero-order chi connectivity index (χ0) is 15.4. The molecule has 1 N–H and O–H groups in total. The lowest BCUT2D eigenvalue weighted by Gasteiger charge is -2.13. The average molecular weight is 287 g/mol. The molecule has 0 heterocycles. The van der Waals surface area contributed by atoms with Crippen LogP contribution in [0.4, 0.5) is 10.1 Å². The van der Waals surface area contributed by atoms with Crippen LogP contribution in [-0.2, 0) is 4.79 Å². The molecule has 0 saturated carbocycles. The molecular formula is C17H18FNO2. The van der Waals surface area contributed by atoms with Gasteiger partial charge in [0.15, 0.2) is 18.2 Å². The predicted octanol–water partition coefficient (Wildman–Crippen LogP) is 3.77. The zero-order valence-electron chi connectivity index (χ0n) is 12.4. The van der Waals surface area contributed by atoms with Crippen molar-refractivity contribution in [1.29, 1.82) is 0 Å². The summed E-state index contributed by atoms with van der Waals surface area (Å²) in [5.41, 5.74) is 3.91. The quantitative estimate of drug-likeness (QED) is 0.929. The zero-order valence-corrected chi connectivity index (χ0v) is 12.4. The molecule has 0 radical (unpaired) electrons. The third-order valence-corrected chi connectivity index (χ3v) is 3.14. The number of anilines is 1. The lowest BCUT2D eigenvalue weighted by molar-refractivity contribution is -0.118. The highest BCUT2D eigenvalue weighted by Crippen LogP contribution is 2.22. The Labute approximate surface area is 123 Å². The Bertz CT molecular complexity index is 645. The van der Waals surface area contributed by atoms with E-state index in [2.05, 4.69) is 5.32 Å². The smallest absolute Gasteiger partial charge is 0.262 e. The van der Waals surface area contributed by atoms with E-state index in [1.165, 1.54) is 12.1 Å². The topological polar surface area (TPSA) is 38.3 Å². The Morgan fingerprint density at radius 1 is 1.14 bits per heavy atom. The van der Waals surface area contributed by atoms with Gasteiger partial charge in [0.25, 0.3) is 5.91 Å².